The van der Waals surface area contributed by atoms with Crippen LogP contribution in [0.5, 0.6) is 0 Å². The molecule has 0 aliphatic carbocycles. The number of aryl methyl sites for hydroxylation is 2. The molecule has 0 spiro atoms. The maximum atomic E-state index is 11.2. The third kappa shape index (κ3) is 3.20. The fraction of sp³-hybridized carbons (Fsp3) is 0.286. The Balaban J connectivity index is 1.84. The molecule has 94 valence electrons. The van der Waals surface area contributed by atoms with Gasteiger partial charge in [0.05, 0.1) is 7.11 Å². The lowest BCUT2D eigenvalue weighted by molar-refractivity contribution is 0.0594. The Morgan fingerprint density at radius 1 is 1.28 bits per heavy atom. The minimum absolute atomic E-state index is 0.340. The van der Waals surface area contributed by atoms with Crippen molar-refractivity contribution in [3.8, 4) is 0 Å². The Hall–Kier alpha value is -2.10. The van der Waals surface area contributed by atoms with E-state index in [0.29, 0.717) is 5.69 Å². The third-order valence-corrected chi connectivity index (χ3v) is 2.78. The maximum Gasteiger partial charge on any atom is 0.358 e. The number of hydrogen-bond donors (Lipinski definition) is 1. The summed E-state index contributed by atoms with van der Waals surface area (Å²) in [5.74, 6) is -0.402. The van der Waals surface area contributed by atoms with Crippen LogP contribution in [-0.2, 0) is 17.6 Å². The van der Waals surface area contributed by atoms with Gasteiger partial charge in [-0.1, -0.05) is 30.3 Å². The van der Waals surface area contributed by atoms with Gasteiger partial charge in [0.25, 0.3) is 0 Å². The smallest absolute Gasteiger partial charge is 0.358 e. The van der Waals surface area contributed by atoms with E-state index in [0.717, 1.165) is 25.0 Å². The molecule has 0 unspecified atom stereocenters. The minimum Gasteiger partial charge on any atom is -0.464 e. The van der Waals surface area contributed by atoms with E-state index in [4.69, 9.17) is 0 Å². The summed E-state index contributed by atoms with van der Waals surface area (Å²) in [5, 5.41) is 6.77. The molecule has 0 amide bonds. The highest BCUT2D eigenvalue weighted by atomic mass is 16.5. The predicted molar refractivity (Wildman–Crippen MR) is 68.4 cm³/mol. The van der Waals surface area contributed by atoms with Gasteiger partial charge in [-0.3, -0.25) is 5.10 Å². The first-order valence-corrected chi connectivity index (χ1v) is 5.96. The summed E-state index contributed by atoms with van der Waals surface area (Å²) >= 11 is 0. The lowest BCUT2D eigenvalue weighted by Crippen LogP contribution is -2.00. The third-order valence-electron chi connectivity index (χ3n) is 2.78. The van der Waals surface area contributed by atoms with Gasteiger partial charge < -0.3 is 4.74 Å². The number of aromatic nitrogens is 2. The van der Waals surface area contributed by atoms with Gasteiger partial charge in [-0.15, -0.1) is 0 Å². The molecule has 0 radical (unpaired) electrons. The van der Waals surface area contributed by atoms with Crippen molar-refractivity contribution < 1.29 is 9.53 Å². The van der Waals surface area contributed by atoms with Crippen molar-refractivity contribution in [1.29, 1.82) is 0 Å². The number of nitrogens with one attached hydrogen (secondary N) is 1. The number of benzene rings is 1. The average Bonchev–Trinajstić information content (AvgIpc) is 2.88. The zero-order valence-electron chi connectivity index (χ0n) is 10.3. The molecular formula is C14H16N2O2. The Morgan fingerprint density at radius 3 is 2.78 bits per heavy atom. The number of rotatable bonds is 5. The molecular weight excluding hydrogens is 228 g/mol. The molecule has 4 heteroatoms. The number of esters is 1. The van der Waals surface area contributed by atoms with Crippen molar-refractivity contribution in [2.45, 2.75) is 19.3 Å². The summed E-state index contributed by atoms with van der Waals surface area (Å²) < 4.78 is 4.60. The normalized spacial score (nSPS) is 10.3. The van der Waals surface area contributed by atoms with E-state index in [2.05, 4.69) is 27.1 Å². The highest BCUT2D eigenvalue weighted by Gasteiger charge is 2.09. The van der Waals surface area contributed by atoms with Crippen molar-refractivity contribution in [1.82, 2.24) is 10.2 Å². The topological polar surface area (TPSA) is 55.0 Å². The lowest BCUT2D eigenvalue weighted by Gasteiger charge is -1.99. The van der Waals surface area contributed by atoms with Gasteiger partial charge in [-0.25, -0.2) is 4.79 Å². The first kappa shape index (κ1) is 12.4. The number of carbonyl (C=O) groups is 1. The summed E-state index contributed by atoms with van der Waals surface area (Å²) in [7, 11) is 1.35. The van der Waals surface area contributed by atoms with E-state index in [1.807, 2.05) is 18.2 Å². The van der Waals surface area contributed by atoms with Crippen molar-refractivity contribution in [3.05, 3.63) is 53.3 Å². The molecule has 1 aromatic heterocycles. The summed E-state index contributed by atoms with van der Waals surface area (Å²) in [6.45, 7) is 0. The van der Waals surface area contributed by atoms with E-state index in [-0.39, 0.29) is 0 Å². The molecule has 0 aliphatic rings. The van der Waals surface area contributed by atoms with Crippen LogP contribution < -0.4 is 0 Å². The standard InChI is InChI=1S/C14H16N2O2/c1-18-14(17)13-10-12(15-16-13)9-5-8-11-6-3-2-4-7-11/h2-4,6-7,10H,5,8-9H2,1H3,(H,15,16). The molecule has 4 nitrogen and oxygen atoms in total. The fourth-order valence-electron chi connectivity index (χ4n) is 1.83. The van der Waals surface area contributed by atoms with Crippen molar-refractivity contribution in [2.75, 3.05) is 7.11 Å². The van der Waals surface area contributed by atoms with Crippen LogP contribution in [0.15, 0.2) is 36.4 Å². The zero-order chi connectivity index (χ0) is 12.8. The number of hydrogen-bond acceptors (Lipinski definition) is 3. The summed E-state index contributed by atoms with van der Waals surface area (Å²) in [5.41, 5.74) is 2.63. The minimum atomic E-state index is -0.402. The van der Waals surface area contributed by atoms with Crippen molar-refractivity contribution >= 4 is 5.97 Å². The van der Waals surface area contributed by atoms with E-state index in [9.17, 15) is 4.79 Å². The molecule has 2 aromatic rings. The first-order chi connectivity index (χ1) is 8.79. The summed E-state index contributed by atoms with van der Waals surface area (Å²) in [6.07, 6.45) is 2.92. The zero-order valence-corrected chi connectivity index (χ0v) is 10.3. The highest BCUT2D eigenvalue weighted by molar-refractivity contribution is 5.87. The molecule has 0 saturated heterocycles. The number of H-pyrrole nitrogens is 1. The number of ether oxygens (including phenoxy) is 1. The Labute approximate surface area is 106 Å². The molecule has 0 saturated carbocycles. The Morgan fingerprint density at radius 2 is 2.06 bits per heavy atom. The predicted octanol–water partition coefficient (Wildman–Crippen LogP) is 2.37. The van der Waals surface area contributed by atoms with Crippen LogP contribution >= 0.6 is 0 Å². The highest BCUT2D eigenvalue weighted by Crippen LogP contribution is 2.08. The SMILES string of the molecule is COC(=O)c1cc(CCCc2ccccc2)[nH]n1. The molecule has 0 atom stereocenters. The van der Waals surface area contributed by atoms with Gasteiger partial charge in [0.2, 0.25) is 0 Å². The van der Waals surface area contributed by atoms with Gasteiger partial charge in [0.1, 0.15) is 0 Å². The fourth-order valence-corrected chi connectivity index (χ4v) is 1.83. The van der Waals surface area contributed by atoms with Gasteiger partial charge in [-0.2, -0.15) is 5.10 Å². The van der Waals surface area contributed by atoms with Crippen molar-refractivity contribution in [3.63, 3.8) is 0 Å². The van der Waals surface area contributed by atoms with E-state index in [1.165, 1.54) is 12.7 Å². The largest absolute Gasteiger partial charge is 0.464 e. The van der Waals surface area contributed by atoms with Crippen molar-refractivity contribution in [2.24, 2.45) is 0 Å². The van der Waals surface area contributed by atoms with Crippen LogP contribution in [0.25, 0.3) is 0 Å². The second-order valence-corrected chi connectivity index (χ2v) is 4.11. The van der Waals surface area contributed by atoms with Crippen LogP contribution in [0.2, 0.25) is 0 Å². The number of nitrogens with zero attached hydrogens (tertiary/aromatic N) is 1. The monoisotopic (exact) mass is 244 g/mol. The second-order valence-electron chi connectivity index (χ2n) is 4.11. The van der Waals surface area contributed by atoms with Crippen LogP contribution in [0.1, 0.15) is 28.2 Å². The van der Waals surface area contributed by atoms with E-state index < -0.39 is 5.97 Å². The van der Waals surface area contributed by atoms with Gasteiger partial charge in [0, 0.05) is 5.69 Å². The van der Waals surface area contributed by atoms with Crippen LogP contribution in [0, 0.1) is 0 Å². The molecule has 1 aromatic carbocycles. The second kappa shape index (κ2) is 6.00. The Bertz CT molecular complexity index is 506. The van der Waals surface area contributed by atoms with Crippen LogP contribution in [0.4, 0.5) is 0 Å². The average molecular weight is 244 g/mol. The molecule has 0 aliphatic heterocycles. The number of methoxy groups -OCH3 is 1. The van der Waals surface area contributed by atoms with Crippen LogP contribution in [-0.4, -0.2) is 23.3 Å². The first-order valence-electron chi connectivity index (χ1n) is 5.96. The van der Waals surface area contributed by atoms with E-state index in [1.54, 1.807) is 6.07 Å². The number of carbonyl (C=O) groups excluding carboxylic acids is 1. The quantitative estimate of drug-likeness (QED) is 0.821. The number of aromatic amines is 1. The maximum absolute atomic E-state index is 11.2. The van der Waals surface area contributed by atoms with Gasteiger partial charge in [-0.05, 0) is 30.9 Å². The molecule has 0 bridgehead atoms. The molecule has 1 N–H and O–H groups in total. The molecule has 1 heterocycles. The summed E-state index contributed by atoms with van der Waals surface area (Å²) in [6, 6.07) is 12.1. The Kier molecular flexibility index (Phi) is 4.12. The van der Waals surface area contributed by atoms with Gasteiger partial charge >= 0.3 is 5.97 Å². The molecule has 2 rings (SSSR count). The van der Waals surface area contributed by atoms with E-state index >= 15 is 0 Å². The van der Waals surface area contributed by atoms with Crippen LogP contribution in [0.3, 0.4) is 0 Å². The molecule has 18 heavy (non-hydrogen) atoms. The lowest BCUT2D eigenvalue weighted by atomic mass is 10.1. The molecule has 0 fully saturated rings. The summed E-state index contributed by atoms with van der Waals surface area (Å²) in [4.78, 5) is 11.2. The van der Waals surface area contributed by atoms with Gasteiger partial charge in [0.15, 0.2) is 5.69 Å².